The molecule has 0 bridgehead atoms. The molecular formula is C13H14ClN3O3. The predicted molar refractivity (Wildman–Crippen MR) is 75.4 cm³/mol. The molecule has 0 fully saturated rings. The van der Waals surface area contributed by atoms with Crippen LogP contribution < -0.4 is 0 Å². The molecule has 1 heterocycles. The third kappa shape index (κ3) is 2.52. The van der Waals surface area contributed by atoms with Crippen molar-refractivity contribution >= 4 is 17.3 Å². The van der Waals surface area contributed by atoms with E-state index in [0.717, 1.165) is 11.1 Å². The van der Waals surface area contributed by atoms with E-state index in [1.165, 1.54) is 11.8 Å². The lowest BCUT2D eigenvalue weighted by atomic mass is 10.1. The minimum absolute atomic E-state index is 0.0194. The number of hydrogen-bond acceptors (Lipinski definition) is 4. The maximum absolute atomic E-state index is 11.1. The fourth-order valence-electron chi connectivity index (χ4n) is 2.05. The van der Waals surface area contributed by atoms with Crippen LogP contribution in [0.5, 0.6) is 0 Å². The Hall–Kier alpha value is -1.92. The molecule has 0 unspecified atom stereocenters. The topological polar surface area (TPSA) is 70.2 Å². The zero-order chi connectivity index (χ0) is 14.9. The minimum Gasteiger partial charge on any atom is -0.378 e. The van der Waals surface area contributed by atoms with E-state index in [9.17, 15) is 10.1 Å². The van der Waals surface area contributed by atoms with Gasteiger partial charge in [0.2, 0.25) is 5.15 Å². The van der Waals surface area contributed by atoms with Gasteiger partial charge in [0.1, 0.15) is 0 Å². The molecule has 2 rings (SSSR count). The third-order valence-electron chi connectivity index (χ3n) is 2.92. The first-order valence-corrected chi connectivity index (χ1v) is 6.32. The molecule has 0 radical (unpaired) electrons. The second-order valence-corrected chi connectivity index (χ2v) is 4.84. The van der Waals surface area contributed by atoms with Crippen molar-refractivity contribution in [2.24, 2.45) is 0 Å². The molecule has 0 saturated carbocycles. The maximum Gasteiger partial charge on any atom is 0.331 e. The second kappa shape index (κ2) is 5.60. The summed E-state index contributed by atoms with van der Waals surface area (Å²) < 4.78 is 6.31. The third-order valence-corrected chi connectivity index (χ3v) is 3.26. The normalized spacial score (nSPS) is 10.8. The number of benzene rings is 1. The van der Waals surface area contributed by atoms with E-state index in [0.29, 0.717) is 5.69 Å². The summed E-state index contributed by atoms with van der Waals surface area (Å²) in [7, 11) is 1.45. The van der Waals surface area contributed by atoms with Crippen molar-refractivity contribution in [2.45, 2.75) is 20.5 Å². The maximum atomic E-state index is 11.1. The number of nitrogens with zero attached hydrogens (tertiary/aromatic N) is 3. The van der Waals surface area contributed by atoms with Crippen molar-refractivity contribution in [3.05, 3.63) is 50.3 Å². The summed E-state index contributed by atoms with van der Waals surface area (Å²) in [5.74, 6) is 0. The molecule has 1 aromatic heterocycles. The van der Waals surface area contributed by atoms with Crippen LogP contribution in [0.15, 0.2) is 18.2 Å². The number of halogens is 1. The molecular weight excluding hydrogens is 282 g/mol. The summed E-state index contributed by atoms with van der Waals surface area (Å²) in [5, 5.41) is 15.3. The van der Waals surface area contributed by atoms with E-state index >= 15 is 0 Å². The first-order valence-electron chi connectivity index (χ1n) is 5.94. The SMILES string of the molecule is COCc1nn(-c2ccc(C)cc2C)c(Cl)c1[N+](=O)[O-]. The lowest BCUT2D eigenvalue weighted by Gasteiger charge is -2.07. The van der Waals surface area contributed by atoms with Gasteiger partial charge in [-0.15, -0.1) is 0 Å². The van der Waals surface area contributed by atoms with Crippen molar-refractivity contribution in [1.29, 1.82) is 0 Å². The molecule has 7 heteroatoms. The quantitative estimate of drug-likeness (QED) is 0.641. The van der Waals surface area contributed by atoms with Gasteiger partial charge in [0.15, 0.2) is 5.69 Å². The van der Waals surface area contributed by atoms with Gasteiger partial charge < -0.3 is 4.74 Å². The van der Waals surface area contributed by atoms with Crippen molar-refractivity contribution in [3.63, 3.8) is 0 Å². The Morgan fingerprint density at radius 3 is 2.70 bits per heavy atom. The van der Waals surface area contributed by atoms with E-state index in [1.54, 1.807) is 0 Å². The van der Waals surface area contributed by atoms with Crippen LogP contribution in [0.3, 0.4) is 0 Å². The van der Waals surface area contributed by atoms with Crippen molar-refractivity contribution in [2.75, 3.05) is 7.11 Å². The first-order chi connectivity index (χ1) is 9.45. The minimum atomic E-state index is -0.538. The van der Waals surface area contributed by atoms with Gasteiger partial charge in [0.25, 0.3) is 0 Å². The monoisotopic (exact) mass is 295 g/mol. The number of methoxy groups -OCH3 is 1. The molecule has 6 nitrogen and oxygen atoms in total. The van der Waals surface area contributed by atoms with E-state index in [4.69, 9.17) is 16.3 Å². The van der Waals surface area contributed by atoms with Gasteiger partial charge >= 0.3 is 5.69 Å². The van der Waals surface area contributed by atoms with Gasteiger partial charge in [0.05, 0.1) is 17.2 Å². The van der Waals surface area contributed by atoms with E-state index in [-0.39, 0.29) is 23.1 Å². The van der Waals surface area contributed by atoms with Crippen LogP contribution in [0.2, 0.25) is 5.15 Å². The molecule has 0 aliphatic rings. The molecule has 0 saturated heterocycles. The van der Waals surface area contributed by atoms with Gasteiger partial charge in [-0.2, -0.15) is 5.10 Å². The standard InChI is InChI=1S/C13H14ClN3O3/c1-8-4-5-11(9(2)6-8)16-13(14)12(17(18)19)10(15-16)7-20-3/h4-6H,7H2,1-3H3. The average Bonchev–Trinajstić information content (AvgIpc) is 2.67. The molecule has 20 heavy (non-hydrogen) atoms. The molecule has 2 aromatic rings. The van der Waals surface area contributed by atoms with Crippen LogP contribution in [0.4, 0.5) is 5.69 Å². The van der Waals surface area contributed by atoms with Crippen molar-refractivity contribution < 1.29 is 9.66 Å². The molecule has 1 aromatic carbocycles. The van der Waals surface area contributed by atoms with E-state index in [2.05, 4.69) is 5.10 Å². The summed E-state index contributed by atoms with van der Waals surface area (Å²) >= 11 is 6.11. The van der Waals surface area contributed by atoms with Crippen molar-refractivity contribution in [3.8, 4) is 5.69 Å². The summed E-state index contributed by atoms with van der Waals surface area (Å²) in [6, 6.07) is 5.71. The van der Waals surface area contributed by atoms with Crippen LogP contribution >= 0.6 is 11.6 Å². The molecule has 0 aliphatic heterocycles. The van der Waals surface area contributed by atoms with Gasteiger partial charge in [-0.25, -0.2) is 4.68 Å². The van der Waals surface area contributed by atoms with Crippen LogP contribution in [0.25, 0.3) is 5.69 Å². The summed E-state index contributed by atoms with van der Waals surface area (Å²) in [6.07, 6.45) is 0. The van der Waals surface area contributed by atoms with Crippen molar-refractivity contribution in [1.82, 2.24) is 9.78 Å². The molecule has 0 N–H and O–H groups in total. The fourth-order valence-corrected chi connectivity index (χ4v) is 2.36. The molecule has 0 amide bonds. The van der Waals surface area contributed by atoms with E-state index in [1.807, 2.05) is 32.0 Å². The number of nitro groups is 1. The highest BCUT2D eigenvalue weighted by Gasteiger charge is 2.27. The highest BCUT2D eigenvalue weighted by atomic mass is 35.5. The Bertz CT molecular complexity index is 667. The lowest BCUT2D eigenvalue weighted by molar-refractivity contribution is -0.385. The van der Waals surface area contributed by atoms with Crippen LogP contribution in [0, 0.1) is 24.0 Å². The summed E-state index contributed by atoms with van der Waals surface area (Å²) in [4.78, 5) is 10.6. The summed E-state index contributed by atoms with van der Waals surface area (Å²) in [6.45, 7) is 3.91. The number of rotatable bonds is 4. The first kappa shape index (κ1) is 14.5. The lowest BCUT2D eigenvalue weighted by Crippen LogP contribution is -2.00. The molecule has 0 spiro atoms. The Morgan fingerprint density at radius 2 is 2.15 bits per heavy atom. The van der Waals surface area contributed by atoms with Gasteiger partial charge in [-0.1, -0.05) is 29.3 Å². The Labute approximate surface area is 121 Å². The largest absolute Gasteiger partial charge is 0.378 e. The predicted octanol–water partition coefficient (Wildman–Crippen LogP) is 3.20. The highest BCUT2D eigenvalue weighted by Crippen LogP contribution is 2.32. The average molecular weight is 296 g/mol. The molecule has 0 atom stereocenters. The van der Waals surface area contributed by atoms with Gasteiger partial charge in [0, 0.05) is 7.11 Å². The summed E-state index contributed by atoms with van der Waals surface area (Å²) in [5.41, 5.74) is 2.75. The Morgan fingerprint density at radius 1 is 1.45 bits per heavy atom. The zero-order valence-corrected chi connectivity index (χ0v) is 12.1. The van der Waals surface area contributed by atoms with Crippen LogP contribution in [-0.2, 0) is 11.3 Å². The van der Waals surface area contributed by atoms with Crippen LogP contribution in [0.1, 0.15) is 16.8 Å². The van der Waals surface area contributed by atoms with Crippen LogP contribution in [-0.4, -0.2) is 21.8 Å². The molecule has 106 valence electrons. The molecule has 0 aliphatic carbocycles. The number of hydrogen-bond donors (Lipinski definition) is 0. The van der Waals surface area contributed by atoms with Gasteiger partial charge in [-0.3, -0.25) is 10.1 Å². The number of ether oxygens (including phenoxy) is 1. The fraction of sp³-hybridized carbons (Fsp3) is 0.308. The van der Waals surface area contributed by atoms with E-state index < -0.39 is 4.92 Å². The smallest absolute Gasteiger partial charge is 0.331 e. The highest BCUT2D eigenvalue weighted by molar-refractivity contribution is 6.32. The number of aromatic nitrogens is 2. The second-order valence-electron chi connectivity index (χ2n) is 4.48. The Kier molecular flexibility index (Phi) is 4.06. The van der Waals surface area contributed by atoms with Gasteiger partial charge in [-0.05, 0) is 25.5 Å². The zero-order valence-electron chi connectivity index (χ0n) is 11.4. The number of aryl methyl sites for hydroxylation is 2. The Balaban J connectivity index is 2.63.